The monoisotopic (exact) mass is 326 g/mol. The lowest BCUT2D eigenvalue weighted by Gasteiger charge is -2.37. The molecule has 1 fully saturated rings. The third-order valence-corrected chi connectivity index (χ3v) is 4.37. The summed E-state index contributed by atoms with van der Waals surface area (Å²) in [5.41, 5.74) is 2.78. The van der Waals surface area contributed by atoms with Crippen molar-refractivity contribution in [3.8, 4) is 0 Å². The number of hydrogen-bond donors (Lipinski definition) is 0. The van der Waals surface area contributed by atoms with Crippen LogP contribution in [0.15, 0.2) is 30.5 Å². The fourth-order valence-corrected chi connectivity index (χ4v) is 3.36. The van der Waals surface area contributed by atoms with Gasteiger partial charge in [0.05, 0.1) is 11.6 Å². The number of aryl methyl sites for hydroxylation is 1. The van der Waals surface area contributed by atoms with Gasteiger partial charge in [0, 0.05) is 23.7 Å². The second-order valence-electron chi connectivity index (χ2n) is 7.62. The molecule has 0 bridgehead atoms. The average molecular weight is 326 g/mol. The first-order valence-corrected chi connectivity index (χ1v) is 8.70. The van der Waals surface area contributed by atoms with Crippen LogP contribution in [-0.4, -0.2) is 28.1 Å². The van der Waals surface area contributed by atoms with Crippen molar-refractivity contribution in [2.24, 2.45) is 0 Å². The molecule has 1 unspecified atom stereocenters. The molecule has 0 aliphatic carbocycles. The van der Waals surface area contributed by atoms with Crippen molar-refractivity contribution in [1.29, 1.82) is 0 Å². The van der Waals surface area contributed by atoms with E-state index in [0.717, 1.165) is 47.8 Å². The van der Waals surface area contributed by atoms with E-state index in [1.54, 1.807) is 0 Å². The number of nitrogens with zero attached hydrogens (tertiary/aromatic N) is 2. The maximum atomic E-state index is 12.7. The number of likely N-dealkylation sites (tertiary alicyclic amines) is 1. The molecule has 0 N–H and O–H groups in total. The standard InChI is InChI=1S/C20H26N2O2/c1-14-12-15-8-7-9-16(18(15)21-13-14)17-10-5-6-11-22(17)19(23)24-20(2,3)4/h7-9,12-13,17H,5-6,10-11H2,1-4H3. The van der Waals surface area contributed by atoms with Gasteiger partial charge in [0.1, 0.15) is 5.60 Å². The van der Waals surface area contributed by atoms with E-state index in [9.17, 15) is 4.79 Å². The van der Waals surface area contributed by atoms with Crippen LogP contribution in [0.1, 0.15) is 57.2 Å². The number of amides is 1. The van der Waals surface area contributed by atoms with E-state index >= 15 is 0 Å². The highest BCUT2D eigenvalue weighted by Crippen LogP contribution is 2.35. The van der Waals surface area contributed by atoms with E-state index in [-0.39, 0.29) is 12.1 Å². The Kier molecular flexibility index (Phi) is 4.48. The predicted octanol–water partition coefficient (Wildman–Crippen LogP) is 5.01. The first kappa shape index (κ1) is 16.7. The minimum absolute atomic E-state index is 0.0347. The molecule has 0 saturated carbocycles. The SMILES string of the molecule is Cc1cnc2c(C3CCCCN3C(=O)OC(C)(C)C)cccc2c1. The van der Waals surface area contributed by atoms with Crippen molar-refractivity contribution in [2.45, 2.75) is 58.6 Å². The van der Waals surface area contributed by atoms with E-state index in [4.69, 9.17) is 4.74 Å². The maximum Gasteiger partial charge on any atom is 0.410 e. The Morgan fingerprint density at radius 2 is 2.08 bits per heavy atom. The minimum Gasteiger partial charge on any atom is -0.444 e. The van der Waals surface area contributed by atoms with Gasteiger partial charge in [0.2, 0.25) is 0 Å². The third-order valence-electron chi connectivity index (χ3n) is 4.37. The van der Waals surface area contributed by atoms with Gasteiger partial charge in [0.15, 0.2) is 0 Å². The van der Waals surface area contributed by atoms with Crippen LogP contribution < -0.4 is 0 Å². The van der Waals surface area contributed by atoms with Crippen LogP contribution in [0.4, 0.5) is 4.79 Å². The van der Waals surface area contributed by atoms with Gasteiger partial charge in [0.25, 0.3) is 0 Å². The summed E-state index contributed by atoms with van der Waals surface area (Å²) in [7, 11) is 0. The van der Waals surface area contributed by atoms with Crippen LogP contribution in [-0.2, 0) is 4.74 Å². The highest BCUT2D eigenvalue weighted by molar-refractivity contribution is 5.83. The number of carbonyl (C=O) groups excluding carboxylic acids is 1. The van der Waals surface area contributed by atoms with Gasteiger partial charge < -0.3 is 9.64 Å². The maximum absolute atomic E-state index is 12.7. The minimum atomic E-state index is -0.479. The molecule has 3 rings (SSSR count). The Labute approximate surface area is 143 Å². The zero-order chi connectivity index (χ0) is 17.3. The quantitative estimate of drug-likeness (QED) is 0.740. The van der Waals surface area contributed by atoms with Crippen molar-refractivity contribution in [3.63, 3.8) is 0 Å². The molecule has 1 saturated heterocycles. The normalized spacial score (nSPS) is 18.7. The van der Waals surface area contributed by atoms with Crippen LogP contribution in [0.3, 0.4) is 0 Å². The summed E-state index contributed by atoms with van der Waals surface area (Å²) in [5.74, 6) is 0. The molecule has 1 aromatic carbocycles. The number of aromatic nitrogens is 1. The van der Waals surface area contributed by atoms with Crippen molar-refractivity contribution in [2.75, 3.05) is 6.54 Å². The molecule has 0 spiro atoms. The third kappa shape index (κ3) is 3.53. The second kappa shape index (κ2) is 6.42. The summed E-state index contributed by atoms with van der Waals surface area (Å²) in [4.78, 5) is 19.2. The molecular formula is C20H26N2O2. The molecule has 1 aliphatic heterocycles. The summed E-state index contributed by atoms with van der Waals surface area (Å²) < 4.78 is 5.63. The molecule has 4 nitrogen and oxygen atoms in total. The molecule has 0 radical (unpaired) electrons. The van der Waals surface area contributed by atoms with Gasteiger partial charge in [-0.3, -0.25) is 4.98 Å². The van der Waals surface area contributed by atoms with Gasteiger partial charge >= 0.3 is 6.09 Å². The number of piperidine rings is 1. The lowest BCUT2D eigenvalue weighted by atomic mass is 9.93. The van der Waals surface area contributed by atoms with Crippen molar-refractivity contribution >= 4 is 17.0 Å². The molecule has 128 valence electrons. The van der Waals surface area contributed by atoms with Crippen LogP contribution in [0.2, 0.25) is 0 Å². The zero-order valence-electron chi connectivity index (χ0n) is 15.0. The molecular weight excluding hydrogens is 300 g/mol. The lowest BCUT2D eigenvalue weighted by Crippen LogP contribution is -2.41. The summed E-state index contributed by atoms with van der Waals surface area (Å²) in [6.45, 7) is 8.51. The summed E-state index contributed by atoms with van der Waals surface area (Å²) in [6.07, 6.45) is 4.76. The van der Waals surface area contributed by atoms with Crippen LogP contribution >= 0.6 is 0 Å². The Bertz CT molecular complexity index is 749. The molecule has 1 aliphatic rings. The van der Waals surface area contributed by atoms with Gasteiger partial charge in [-0.1, -0.05) is 18.2 Å². The fourth-order valence-electron chi connectivity index (χ4n) is 3.36. The van der Waals surface area contributed by atoms with Crippen LogP contribution in [0.5, 0.6) is 0 Å². The highest BCUT2D eigenvalue weighted by atomic mass is 16.6. The van der Waals surface area contributed by atoms with Crippen molar-refractivity contribution < 1.29 is 9.53 Å². The summed E-state index contributed by atoms with van der Waals surface area (Å²) in [6, 6.07) is 8.41. The van der Waals surface area contributed by atoms with E-state index in [1.807, 2.05) is 38.8 Å². The number of rotatable bonds is 1. The Morgan fingerprint density at radius 3 is 2.83 bits per heavy atom. The number of hydrogen-bond acceptors (Lipinski definition) is 3. The van der Waals surface area contributed by atoms with E-state index < -0.39 is 5.60 Å². The second-order valence-corrected chi connectivity index (χ2v) is 7.62. The average Bonchev–Trinajstić information content (AvgIpc) is 2.52. The lowest BCUT2D eigenvalue weighted by molar-refractivity contribution is 0.00967. The van der Waals surface area contributed by atoms with Crippen molar-refractivity contribution in [1.82, 2.24) is 9.88 Å². The number of para-hydroxylation sites is 1. The topological polar surface area (TPSA) is 42.4 Å². The predicted molar refractivity (Wildman–Crippen MR) is 96.0 cm³/mol. The molecule has 1 amide bonds. The van der Waals surface area contributed by atoms with Gasteiger partial charge in [-0.15, -0.1) is 0 Å². The molecule has 2 aromatic rings. The summed E-state index contributed by atoms with van der Waals surface area (Å²) in [5, 5.41) is 1.13. The smallest absolute Gasteiger partial charge is 0.410 e. The van der Waals surface area contributed by atoms with E-state index in [1.165, 1.54) is 0 Å². The number of fused-ring (bicyclic) bond motifs is 1. The number of ether oxygens (including phenoxy) is 1. The molecule has 2 heterocycles. The van der Waals surface area contributed by atoms with E-state index in [0.29, 0.717) is 0 Å². The first-order chi connectivity index (χ1) is 11.3. The molecule has 4 heteroatoms. The Hall–Kier alpha value is -2.10. The number of pyridine rings is 1. The van der Waals surface area contributed by atoms with Crippen molar-refractivity contribution in [3.05, 3.63) is 41.6 Å². The van der Waals surface area contributed by atoms with Gasteiger partial charge in [-0.25, -0.2) is 4.79 Å². The highest BCUT2D eigenvalue weighted by Gasteiger charge is 2.32. The Balaban J connectivity index is 1.98. The van der Waals surface area contributed by atoms with Crippen LogP contribution in [0.25, 0.3) is 10.9 Å². The first-order valence-electron chi connectivity index (χ1n) is 8.70. The zero-order valence-corrected chi connectivity index (χ0v) is 15.0. The molecule has 1 atom stereocenters. The van der Waals surface area contributed by atoms with Crippen LogP contribution in [0, 0.1) is 6.92 Å². The summed E-state index contributed by atoms with van der Waals surface area (Å²) >= 11 is 0. The van der Waals surface area contributed by atoms with Gasteiger partial charge in [-0.2, -0.15) is 0 Å². The van der Waals surface area contributed by atoms with E-state index in [2.05, 4.69) is 29.2 Å². The van der Waals surface area contributed by atoms with Gasteiger partial charge in [-0.05, 0) is 58.6 Å². The Morgan fingerprint density at radius 1 is 1.29 bits per heavy atom. The molecule has 24 heavy (non-hydrogen) atoms. The molecule has 1 aromatic heterocycles. The fraction of sp³-hybridized carbons (Fsp3) is 0.500. The number of carbonyl (C=O) groups is 1. The number of benzene rings is 1. The largest absolute Gasteiger partial charge is 0.444 e.